The third kappa shape index (κ3) is 3.39. The molecular formula is C16H22ClN3O. The van der Waals surface area contributed by atoms with Gasteiger partial charge in [0.2, 0.25) is 0 Å². The van der Waals surface area contributed by atoms with E-state index < -0.39 is 0 Å². The number of nitrogens with zero attached hydrogens (tertiary/aromatic N) is 2. The van der Waals surface area contributed by atoms with E-state index in [1.807, 2.05) is 30.8 Å². The van der Waals surface area contributed by atoms with E-state index in [4.69, 9.17) is 16.3 Å². The molecule has 1 N–H and O–H groups in total. The summed E-state index contributed by atoms with van der Waals surface area (Å²) >= 11 is 6.35. The van der Waals surface area contributed by atoms with E-state index in [1.165, 1.54) is 0 Å². The minimum absolute atomic E-state index is 0.00178. The van der Waals surface area contributed by atoms with Crippen molar-refractivity contribution in [3.63, 3.8) is 0 Å². The van der Waals surface area contributed by atoms with Crippen LogP contribution < -0.4 is 10.1 Å². The minimum atomic E-state index is -0.00178. The van der Waals surface area contributed by atoms with Crippen molar-refractivity contribution in [1.29, 1.82) is 0 Å². The molecule has 1 atom stereocenters. The molecule has 0 bridgehead atoms. The lowest BCUT2D eigenvalue weighted by Crippen LogP contribution is -2.22. The summed E-state index contributed by atoms with van der Waals surface area (Å²) in [7, 11) is 1.93. The Morgan fingerprint density at radius 1 is 1.29 bits per heavy atom. The summed E-state index contributed by atoms with van der Waals surface area (Å²) in [6, 6.07) is 8.32. The fraction of sp³-hybridized carbons (Fsp3) is 0.438. The number of rotatable bonds is 6. The molecule has 2 rings (SSSR count). The van der Waals surface area contributed by atoms with Crippen molar-refractivity contribution >= 4 is 11.6 Å². The Hall–Kier alpha value is -1.52. The molecule has 21 heavy (non-hydrogen) atoms. The van der Waals surface area contributed by atoms with Gasteiger partial charge in [0.15, 0.2) is 0 Å². The van der Waals surface area contributed by atoms with Crippen LogP contribution in [0.2, 0.25) is 5.02 Å². The van der Waals surface area contributed by atoms with Crippen LogP contribution in [0.3, 0.4) is 0 Å². The second-order valence-electron chi connectivity index (χ2n) is 5.14. The number of hydrogen-bond donors (Lipinski definition) is 1. The predicted octanol–water partition coefficient (Wildman–Crippen LogP) is 3.82. The minimum Gasteiger partial charge on any atom is -0.494 e. The first-order valence-electron chi connectivity index (χ1n) is 7.21. The SMILES string of the molecule is CCOc1ccc(C(NC)c2c(Cl)cnn2C(C)C)cc1. The van der Waals surface area contributed by atoms with E-state index in [1.54, 1.807) is 6.20 Å². The molecule has 114 valence electrons. The van der Waals surface area contributed by atoms with Crippen molar-refractivity contribution < 1.29 is 4.74 Å². The van der Waals surface area contributed by atoms with Gasteiger partial charge in [-0.05, 0) is 45.5 Å². The van der Waals surface area contributed by atoms with E-state index in [0.717, 1.165) is 17.0 Å². The predicted molar refractivity (Wildman–Crippen MR) is 86.1 cm³/mol. The van der Waals surface area contributed by atoms with E-state index in [0.29, 0.717) is 11.6 Å². The molecule has 5 heteroatoms. The van der Waals surface area contributed by atoms with E-state index >= 15 is 0 Å². The maximum absolute atomic E-state index is 6.35. The molecule has 0 fully saturated rings. The Balaban J connectivity index is 2.37. The van der Waals surface area contributed by atoms with Gasteiger partial charge < -0.3 is 10.1 Å². The smallest absolute Gasteiger partial charge is 0.119 e. The third-order valence-electron chi connectivity index (χ3n) is 3.36. The zero-order valence-corrected chi connectivity index (χ0v) is 13.7. The third-order valence-corrected chi connectivity index (χ3v) is 3.65. The molecule has 0 radical (unpaired) electrons. The molecule has 2 aromatic rings. The molecule has 0 aliphatic rings. The zero-order chi connectivity index (χ0) is 15.4. The number of hydrogen-bond acceptors (Lipinski definition) is 3. The Labute approximate surface area is 131 Å². The summed E-state index contributed by atoms with van der Waals surface area (Å²) < 4.78 is 7.44. The summed E-state index contributed by atoms with van der Waals surface area (Å²) in [4.78, 5) is 0. The van der Waals surface area contributed by atoms with Crippen LogP contribution in [0.5, 0.6) is 5.75 Å². The Morgan fingerprint density at radius 3 is 2.48 bits per heavy atom. The Morgan fingerprint density at radius 2 is 1.95 bits per heavy atom. The molecule has 0 spiro atoms. The maximum Gasteiger partial charge on any atom is 0.119 e. The number of nitrogens with one attached hydrogen (secondary N) is 1. The van der Waals surface area contributed by atoms with Crippen LogP contribution >= 0.6 is 11.6 Å². The molecule has 0 aliphatic heterocycles. The fourth-order valence-corrected chi connectivity index (χ4v) is 2.66. The van der Waals surface area contributed by atoms with Gasteiger partial charge in [-0.1, -0.05) is 23.7 Å². The van der Waals surface area contributed by atoms with Crippen molar-refractivity contribution in [2.45, 2.75) is 32.9 Å². The standard InChI is InChI=1S/C16H22ClN3O/c1-5-21-13-8-6-12(7-9-13)15(18-4)16-14(17)10-19-20(16)11(2)3/h6-11,15,18H,5H2,1-4H3. The van der Waals surface area contributed by atoms with Gasteiger partial charge in [-0.15, -0.1) is 0 Å². The number of benzene rings is 1. The van der Waals surface area contributed by atoms with Crippen molar-refractivity contribution in [1.82, 2.24) is 15.1 Å². The van der Waals surface area contributed by atoms with Crippen molar-refractivity contribution in [2.75, 3.05) is 13.7 Å². The average molecular weight is 308 g/mol. The van der Waals surface area contributed by atoms with E-state index in [2.05, 4.69) is 36.4 Å². The summed E-state index contributed by atoms with van der Waals surface area (Å²) in [6.45, 7) is 6.83. The number of aromatic nitrogens is 2. The maximum atomic E-state index is 6.35. The van der Waals surface area contributed by atoms with Gasteiger partial charge in [0.1, 0.15) is 5.75 Å². The lowest BCUT2D eigenvalue weighted by molar-refractivity contribution is 0.340. The lowest BCUT2D eigenvalue weighted by atomic mass is 10.0. The Bertz CT molecular complexity index is 578. The van der Waals surface area contributed by atoms with Crippen LogP contribution in [0.15, 0.2) is 30.5 Å². The Kier molecular flexibility index (Phi) is 5.26. The summed E-state index contributed by atoms with van der Waals surface area (Å²) in [6.07, 6.45) is 1.70. The van der Waals surface area contributed by atoms with Gasteiger partial charge in [0.25, 0.3) is 0 Å². The number of halogens is 1. The quantitative estimate of drug-likeness (QED) is 0.881. The van der Waals surface area contributed by atoms with Crippen LogP contribution in [0.4, 0.5) is 0 Å². The molecule has 0 saturated carbocycles. The van der Waals surface area contributed by atoms with Crippen molar-refractivity contribution in [3.8, 4) is 5.75 Å². The van der Waals surface area contributed by atoms with Gasteiger partial charge in [-0.2, -0.15) is 5.10 Å². The molecular weight excluding hydrogens is 286 g/mol. The first-order valence-corrected chi connectivity index (χ1v) is 7.59. The van der Waals surface area contributed by atoms with E-state index in [9.17, 15) is 0 Å². The van der Waals surface area contributed by atoms with Gasteiger partial charge in [-0.25, -0.2) is 0 Å². The first-order chi connectivity index (χ1) is 10.1. The summed E-state index contributed by atoms with van der Waals surface area (Å²) in [5.41, 5.74) is 2.11. The normalized spacial score (nSPS) is 12.7. The topological polar surface area (TPSA) is 39.1 Å². The average Bonchev–Trinajstić information content (AvgIpc) is 2.84. The van der Waals surface area contributed by atoms with Crippen molar-refractivity contribution in [3.05, 3.63) is 46.7 Å². The van der Waals surface area contributed by atoms with Crippen LogP contribution in [-0.4, -0.2) is 23.4 Å². The molecule has 0 amide bonds. The van der Waals surface area contributed by atoms with Gasteiger partial charge >= 0.3 is 0 Å². The zero-order valence-electron chi connectivity index (χ0n) is 12.9. The highest BCUT2D eigenvalue weighted by molar-refractivity contribution is 6.31. The molecule has 4 nitrogen and oxygen atoms in total. The monoisotopic (exact) mass is 307 g/mol. The van der Waals surface area contributed by atoms with Crippen LogP contribution in [-0.2, 0) is 0 Å². The second kappa shape index (κ2) is 6.96. The summed E-state index contributed by atoms with van der Waals surface area (Å²) in [5, 5.41) is 8.38. The molecule has 0 saturated heterocycles. The van der Waals surface area contributed by atoms with Crippen LogP contribution in [0.1, 0.15) is 44.1 Å². The largest absolute Gasteiger partial charge is 0.494 e. The molecule has 1 aromatic carbocycles. The molecule has 1 unspecified atom stereocenters. The first kappa shape index (κ1) is 15.9. The van der Waals surface area contributed by atoms with Crippen molar-refractivity contribution in [2.24, 2.45) is 0 Å². The van der Waals surface area contributed by atoms with Gasteiger partial charge in [0.05, 0.1) is 29.6 Å². The van der Waals surface area contributed by atoms with Gasteiger partial charge in [-0.3, -0.25) is 4.68 Å². The molecule has 0 aliphatic carbocycles. The summed E-state index contributed by atoms with van der Waals surface area (Å²) in [5.74, 6) is 0.875. The number of ether oxygens (including phenoxy) is 1. The highest BCUT2D eigenvalue weighted by atomic mass is 35.5. The highest BCUT2D eigenvalue weighted by Gasteiger charge is 2.22. The van der Waals surface area contributed by atoms with Crippen LogP contribution in [0, 0.1) is 0 Å². The molecule has 1 heterocycles. The highest BCUT2D eigenvalue weighted by Crippen LogP contribution is 2.30. The van der Waals surface area contributed by atoms with Gasteiger partial charge in [0, 0.05) is 6.04 Å². The lowest BCUT2D eigenvalue weighted by Gasteiger charge is -2.21. The second-order valence-corrected chi connectivity index (χ2v) is 5.55. The van der Waals surface area contributed by atoms with E-state index in [-0.39, 0.29) is 12.1 Å². The van der Waals surface area contributed by atoms with Crippen LogP contribution in [0.25, 0.3) is 0 Å². The molecule has 1 aromatic heterocycles. The fourth-order valence-electron chi connectivity index (χ4n) is 2.42.